The second kappa shape index (κ2) is 10.9. The average molecular weight is 464 g/mol. The molecule has 0 spiro atoms. The highest BCUT2D eigenvalue weighted by Gasteiger charge is 2.17. The van der Waals surface area contributed by atoms with Gasteiger partial charge >= 0.3 is 6.03 Å². The number of hydrogen-bond acceptors (Lipinski definition) is 6. The van der Waals surface area contributed by atoms with Crippen molar-refractivity contribution in [2.45, 2.75) is 32.3 Å². The molecule has 1 aliphatic heterocycles. The number of nitrogens with one attached hydrogen (secondary N) is 2. The summed E-state index contributed by atoms with van der Waals surface area (Å²) in [5, 5.41) is 9.77. The molecule has 2 aromatic carbocycles. The molecule has 34 heavy (non-hydrogen) atoms. The van der Waals surface area contributed by atoms with E-state index in [1.807, 2.05) is 31.2 Å². The zero-order chi connectivity index (χ0) is 23.9. The first-order chi connectivity index (χ1) is 16.5. The minimum atomic E-state index is -0.207. The van der Waals surface area contributed by atoms with E-state index in [2.05, 4.69) is 20.8 Å². The maximum atomic E-state index is 12.4. The lowest BCUT2D eigenvalue weighted by Crippen LogP contribution is -2.33. The Bertz CT molecular complexity index is 1110. The van der Waals surface area contributed by atoms with Crippen LogP contribution in [0.5, 0.6) is 0 Å². The number of ether oxygens (including phenoxy) is 1. The third kappa shape index (κ3) is 6.20. The van der Waals surface area contributed by atoms with Crippen LogP contribution in [0, 0.1) is 6.92 Å². The first-order valence-electron chi connectivity index (χ1n) is 11.4. The average Bonchev–Trinajstić information content (AvgIpc) is 3.55. The number of carbonyl (C=O) groups excluding carboxylic acids is 2. The van der Waals surface area contributed by atoms with Crippen LogP contribution in [0.4, 0.5) is 10.5 Å². The van der Waals surface area contributed by atoms with Gasteiger partial charge < -0.3 is 24.8 Å². The van der Waals surface area contributed by atoms with E-state index in [4.69, 9.17) is 9.26 Å². The number of nitrogens with zero attached hydrogens (tertiary/aromatic N) is 3. The van der Waals surface area contributed by atoms with Gasteiger partial charge in [0.25, 0.3) is 11.8 Å². The summed E-state index contributed by atoms with van der Waals surface area (Å²) in [6, 6.07) is 14.4. The number of amides is 3. The van der Waals surface area contributed by atoms with Crippen LogP contribution in [0.25, 0.3) is 11.5 Å². The van der Waals surface area contributed by atoms with Crippen molar-refractivity contribution in [2.75, 3.05) is 32.1 Å². The van der Waals surface area contributed by atoms with Gasteiger partial charge in [0.1, 0.15) is 0 Å². The summed E-state index contributed by atoms with van der Waals surface area (Å²) >= 11 is 0. The Labute approximate surface area is 198 Å². The molecule has 0 aliphatic carbocycles. The minimum absolute atomic E-state index is 0.104. The third-order valence-corrected chi connectivity index (χ3v) is 5.70. The molecule has 1 aromatic heterocycles. The van der Waals surface area contributed by atoms with Crippen LogP contribution in [0.15, 0.2) is 53.1 Å². The van der Waals surface area contributed by atoms with Crippen molar-refractivity contribution in [3.05, 3.63) is 65.5 Å². The fourth-order valence-corrected chi connectivity index (χ4v) is 3.58. The van der Waals surface area contributed by atoms with Gasteiger partial charge in [-0.25, -0.2) is 4.79 Å². The number of carbonyl (C=O) groups is 2. The normalized spacial score (nSPS) is 15.2. The van der Waals surface area contributed by atoms with Crippen molar-refractivity contribution in [3.8, 4) is 11.5 Å². The predicted molar refractivity (Wildman–Crippen MR) is 128 cm³/mol. The highest BCUT2D eigenvalue weighted by molar-refractivity contribution is 5.94. The lowest BCUT2D eigenvalue weighted by Gasteiger charge is -2.17. The number of aryl methyl sites for hydroxylation is 1. The van der Waals surface area contributed by atoms with Crippen LogP contribution in [0.2, 0.25) is 0 Å². The van der Waals surface area contributed by atoms with Gasteiger partial charge in [-0.3, -0.25) is 4.79 Å². The molecule has 1 saturated heterocycles. The first-order valence-corrected chi connectivity index (χ1v) is 11.4. The van der Waals surface area contributed by atoms with Crippen LogP contribution >= 0.6 is 0 Å². The van der Waals surface area contributed by atoms with E-state index in [-0.39, 0.29) is 18.0 Å². The highest BCUT2D eigenvalue weighted by Crippen LogP contribution is 2.18. The lowest BCUT2D eigenvalue weighted by molar-refractivity contribution is 0.0858. The van der Waals surface area contributed by atoms with E-state index >= 15 is 0 Å². The minimum Gasteiger partial charge on any atom is -0.376 e. The van der Waals surface area contributed by atoms with Crippen LogP contribution in [0.3, 0.4) is 0 Å². The quantitative estimate of drug-likeness (QED) is 0.528. The zero-order valence-corrected chi connectivity index (χ0v) is 19.4. The molecule has 0 radical (unpaired) electrons. The van der Waals surface area contributed by atoms with E-state index in [0.717, 1.165) is 36.3 Å². The zero-order valence-electron chi connectivity index (χ0n) is 19.4. The van der Waals surface area contributed by atoms with Crippen molar-refractivity contribution < 1.29 is 18.8 Å². The van der Waals surface area contributed by atoms with E-state index in [1.54, 1.807) is 36.2 Å². The molecule has 178 valence electrons. The maximum absolute atomic E-state index is 12.4. The first kappa shape index (κ1) is 23.4. The summed E-state index contributed by atoms with van der Waals surface area (Å²) in [5.74, 6) is 0.733. The summed E-state index contributed by atoms with van der Waals surface area (Å²) in [6.45, 7) is 3.71. The van der Waals surface area contributed by atoms with Crippen LogP contribution in [-0.2, 0) is 11.2 Å². The Balaban J connectivity index is 1.26. The van der Waals surface area contributed by atoms with Crippen molar-refractivity contribution in [2.24, 2.45) is 0 Å². The van der Waals surface area contributed by atoms with Crippen molar-refractivity contribution in [3.63, 3.8) is 0 Å². The molecular weight excluding hydrogens is 434 g/mol. The van der Waals surface area contributed by atoms with Crippen molar-refractivity contribution in [1.29, 1.82) is 0 Å². The molecule has 1 atom stereocenters. The van der Waals surface area contributed by atoms with Gasteiger partial charge in [-0.05, 0) is 56.2 Å². The second-order valence-electron chi connectivity index (χ2n) is 8.41. The van der Waals surface area contributed by atoms with Gasteiger partial charge in [0.15, 0.2) is 5.82 Å². The number of likely N-dealkylation sites (N-methyl/N-ethyl adjacent to an activating group) is 1. The Morgan fingerprint density at radius 1 is 1.12 bits per heavy atom. The molecule has 0 unspecified atom stereocenters. The number of urea groups is 1. The summed E-state index contributed by atoms with van der Waals surface area (Å²) < 4.78 is 10.9. The SMILES string of the molecule is Cc1ccc(NC(=O)N(C)CCc2noc(-c3ccc(C(=O)NC[C@@H]4CCCO4)cc3)n2)cc1. The van der Waals surface area contributed by atoms with Crippen LogP contribution in [-0.4, -0.2) is 59.8 Å². The van der Waals surface area contributed by atoms with Gasteiger partial charge in [0.05, 0.1) is 6.10 Å². The fourth-order valence-electron chi connectivity index (χ4n) is 3.58. The molecular formula is C25H29N5O4. The maximum Gasteiger partial charge on any atom is 0.321 e. The second-order valence-corrected chi connectivity index (χ2v) is 8.41. The lowest BCUT2D eigenvalue weighted by atomic mass is 10.1. The molecule has 1 fully saturated rings. The smallest absolute Gasteiger partial charge is 0.321 e. The van der Waals surface area contributed by atoms with Crippen molar-refractivity contribution in [1.82, 2.24) is 20.4 Å². The molecule has 0 bridgehead atoms. The highest BCUT2D eigenvalue weighted by atomic mass is 16.5. The number of hydrogen-bond donors (Lipinski definition) is 2. The summed E-state index contributed by atoms with van der Waals surface area (Å²) in [6.07, 6.45) is 2.57. The number of aromatic nitrogens is 2. The van der Waals surface area contributed by atoms with Crippen LogP contribution < -0.4 is 10.6 Å². The molecule has 4 rings (SSSR count). The molecule has 1 aliphatic rings. The monoisotopic (exact) mass is 463 g/mol. The van der Waals surface area contributed by atoms with Gasteiger partial charge in [0.2, 0.25) is 0 Å². The van der Waals surface area contributed by atoms with Crippen LogP contribution in [0.1, 0.15) is 34.6 Å². The molecule has 2 N–H and O–H groups in total. The topological polar surface area (TPSA) is 110 Å². The number of rotatable bonds is 8. The fraction of sp³-hybridized carbons (Fsp3) is 0.360. The standard InChI is InChI=1S/C25H29N5O4/c1-17-5-11-20(12-6-17)27-25(32)30(2)14-13-22-28-24(34-29-22)19-9-7-18(8-10-19)23(31)26-16-21-4-3-15-33-21/h5-12,21H,3-4,13-16H2,1-2H3,(H,26,31)(H,27,32)/t21-/m0/s1. The van der Waals surface area contributed by atoms with Gasteiger partial charge in [-0.2, -0.15) is 4.98 Å². The third-order valence-electron chi connectivity index (χ3n) is 5.70. The van der Waals surface area contributed by atoms with E-state index in [1.165, 1.54) is 0 Å². The summed E-state index contributed by atoms with van der Waals surface area (Å²) in [4.78, 5) is 30.7. The van der Waals surface area contributed by atoms with E-state index in [9.17, 15) is 9.59 Å². The molecule has 3 aromatic rings. The Hall–Kier alpha value is -3.72. The number of benzene rings is 2. The molecule has 3 amide bonds. The Morgan fingerprint density at radius 3 is 2.59 bits per heavy atom. The van der Waals surface area contributed by atoms with Gasteiger partial charge in [0, 0.05) is 50.0 Å². The predicted octanol–water partition coefficient (Wildman–Crippen LogP) is 3.66. The number of anilines is 1. The molecule has 2 heterocycles. The summed E-state index contributed by atoms with van der Waals surface area (Å²) in [5.41, 5.74) is 3.16. The Kier molecular flexibility index (Phi) is 7.54. The van der Waals surface area contributed by atoms with E-state index < -0.39 is 0 Å². The molecule has 9 nitrogen and oxygen atoms in total. The van der Waals surface area contributed by atoms with Crippen molar-refractivity contribution >= 4 is 17.6 Å². The van der Waals surface area contributed by atoms with Gasteiger partial charge in [-0.15, -0.1) is 0 Å². The summed E-state index contributed by atoms with van der Waals surface area (Å²) in [7, 11) is 1.72. The van der Waals surface area contributed by atoms with E-state index in [0.29, 0.717) is 36.8 Å². The molecule has 9 heteroatoms. The Morgan fingerprint density at radius 2 is 1.88 bits per heavy atom. The largest absolute Gasteiger partial charge is 0.376 e. The molecule has 0 saturated carbocycles. The van der Waals surface area contributed by atoms with Gasteiger partial charge in [-0.1, -0.05) is 22.9 Å².